The zero-order chi connectivity index (χ0) is 22.1. The van der Waals surface area contributed by atoms with Crippen molar-refractivity contribution in [3.63, 3.8) is 0 Å². The SMILES string of the molecule is COC(=O)COc1ccc(/C=N\NC(=O)CN(c2ccccc2F)S(C)(=O)=O)cc1. The highest BCUT2D eigenvalue weighted by Gasteiger charge is 2.23. The molecule has 1 N–H and O–H groups in total. The van der Waals surface area contributed by atoms with Crippen molar-refractivity contribution in [2.24, 2.45) is 5.10 Å². The van der Waals surface area contributed by atoms with E-state index < -0.39 is 34.3 Å². The maximum atomic E-state index is 13.9. The van der Waals surface area contributed by atoms with E-state index in [1.165, 1.54) is 31.5 Å². The molecule has 160 valence electrons. The summed E-state index contributed by atoms with van der Waals surface area (Å²) >= 11 is 0. The second-order valence-corrected chi connectivity index (χ2v) is 7.85. The number of sulfonamides is 1. The molecule has 2 aromatic rings. The van der Waals surface area contributed by atoms with E-state index in [0.717, 1.165) is 12.3 Å². The highest BCUT2D eigenvalue weighted by atomic mass is 32.2. The molecule has 11 heteroatoms. The zero-order valence-corrected chi connectivity index (χ0v) is 17.1. The molecule has 0 bridgehead atoms. The van der Waals surface area contributed by atoms with Crippen LogP contribution in [0.5, 0.6) is 5.75 Å². The first-order valence-corrected chi connectivity index (χ1v) is 10.4. The minimum Gasteiger partial charge on any atom is -0.482 e. The minimum absolute atomic E-state index is 0.223. The largest absolute Gasteiger partial charge is 0.482 e. The average molecular weight is 437 g/mol. The van der Waals surface area contributed by atoms with Crippen LogP contribution in [0.1, 0.15) is 5.56 Å². The number of methoxy groups -OCH3 is 1. The summed E-state index contributed by atoms with van der Waals surface area (Å²) in [4.78, 5) is 23.1. The zero-order valence-electron chi connectivity index (χ0n) is 16.2. The van der Waals surface area contributed by atoms with Crippen LogP contribution in [0.15, 0.2) is 53.6 Å². The number of hydrogen-bond donors (Lipinski definition) is 1. The van der Waals surface area contributed by atoms with Gasteiger partial charge in [0.25, 0.3) is 5.91 Å². The number of hydrogen-bond acceptors (Lipinski definition) is 7. The Kier molecular flexibility index (Phi) is 7.87. The number of nitrogens with one attached hydrogen (secondary N) is 1. The Morgan fingerprint density at radius 3 is 2.43 bits per heavy atom. The van der Waals surface area contributed by atoms with E-state index in [-0.39, 0.29) is 12.3 Å². The quantitative estimate of drug-likeness (QED) is 0.359. The van der Waals surface area contributed by atoms with Crippen molar-refractivity contribution < 1.29 is 31.9 Å². The first-order valence-electron chi connectivity index (χ1n) is 8.54. The molecule has 2 rings (SSSR count). The van der Waals surface area contributed by atoms with Gasteiger partial charge in [-0.2, -0.15) is 5.10 Å². The predicted molar refractivity (Wildman–Crippen MR) is 108 cm³/mol. The summed E-state index contributed by atoms with van der Waals surface area (Å²) in [6, 6.07) is 11.7. The number of amides is 1. The second-order valence-electron chi connectivity index (χ2n) is 5.95. The summed E-state index contributed by atoms with van der Waals surface area (Å²) in [5.41, 5.74) is 2.57. The maximum absolute atomic E-state index is 13.9. The molecule has 0 fully saturated rings. The summed E-state index contributed by atoms with van der Waals surface area (Å²) in [5.74, 6) is -1.59. The van der Waals surface area contributed by atoms with Gasteiger partial charge in [0, 0.05) is 0 Å². The van der Waals surface area contributed by atoms with Crippen LogP contribution in [0, 0.1) is 5.82 Å². The molecule has 0 aliphatic carbocycles. The summed E-state index contributed by atoms with van der Waals surface area (Å²) in [6.07, 6.45) is 2.20. The summed E-state index contributed by atoms with van der Waals surface area (Å²) in [5, 5.41) is 3.76. The fraction of sp³-hybridized carbons (Fsp3) is 0.211. The molecule has 1 amide bonds. The molecule has 30 heavy (non-hydrogen) atoms. The second kappa shape index (κ2) is 10.3. The predicted octanol–water partition coefficient (Wildman–Crippen LogP) is 1.29. The fourth-order valence-corrected chi connectivity index (χ4v) is 3.09. The standard InChI is InChI=1S/C19H20FN3O6S/c1-28-19(25)13-29-15-9-7-14(8-10-15)11-21-22-18(24)12-23(30(2,26)27)17-6-4-3-5-16(17)20/h3-11H,12-13H2,1-2H3,(H,22,24)/b21-11-. The number of nitrogens with zero attached hydrogens (tertiary/aromatic N) is 2. The minimum atomic E-state index is -3.90. The number of ether oxygens (including phenoxy) is 2. The van der Waals surface area contributed by atoms with Crippen molar-refractivity contribution in [1.29, 1.82) is 0 Å². The molecular weight excluding hydrogens is 417 g/mol. The van der Waals surface area contributed by atoms with E-state index in [2.05, 4.69) is 15.3 Å². The van der Waals surface area contributed by atoms with Gasteiger partial charge in [-0.3, -0.25) is 9.10 Å². The van der Waals surface area contributed by atoms with Gasteiger partial charge >= 0.3 is 5.97 Å². The topological polar surface area (TPSA) is 114 Å². The van der Waals surface area contributed by atoms with Gasteiger partial charge in [-0.15, -0.1) is 0 Å². The van der Waals surface area contributed by atoms with Gasteiger partial charge < -0.3 is 9.47 Å². The summed E-state index contributed by atoms with van der Waals surface area (Å²) in [7, 11) is -2.64. The van der Waals surface area contributed by atoms with Crippen LogP contribution in [-0.2, 0) is 24.3 Å². The van der Waals surface area contributed by atoms with Gasteiger partial charge in [0.05, 0.1) is 25.3 Å². The van der Waals surface area contributed by atoms with Crippen LogP contribution in [-0.4, -0.2) is 53.0 Å². The van der Waals surface area contributed by atoms with Gasteiger partial charge in [-0.1, -0.05) is 12.1 Å². The van der Waals surface area contributed by atoms with E-state index in [1.54, 1.807) is 24.3 Å². The molecule has 0 radical (unpaired) electrons. The molecule has 9 nitrogen and oxygen atoms in total. The van der Waals surface area contributed by atoms with Crippen LogP contribution >= 0.6 is 0 Å². The monoisotopic (exact) mass is 437 g/mol. The summed E-state index contributed by atoms with van der Waals surface area (Å²) < 4.78 is 48.2. The van der Waals surface area contributed by atoms with E-state index in [9.17, 15) is 22.4 Å². The maximum Gasteiger partial charge on any atom is 0.343 e. The lowest BCUT2D eigenvalue weighted by atomic mass is 10.2. The molecule has 2 aromatic carbocycles. The molecule has 0 aromatic heterocycles. The molecule has 0 unspecified atom stereocenters. The van der Waals surface area contributed by atoms with Crippen molar-refractivity contribution in [2.45, 2.75) is 0 Å². The molecule has 0 heterocycles. The third-order valence-electron chi connectivity index (χ3n) is 3.68. The Morgan fingerprint density at radius 1 is 1.17 bits per heavy atom. The van der Waals surface area contributed by atoms with Crippen molar-refractivity contribution >= 4 is 33.8 Å². The molecule has 0 aliphatic heterocycles. The number of carbonyl (C=O) groups excluding carboxylic acids is 2. The Hall–Kier alpha value is -3.47. The molecular formula is C19H20FN3O6S. The van der Waals surface area contributed by atoms with Gasteiger partial charge in [-0.05, 0) is 42.0 Å². The van der Waals surface area contributed by atoms with Crippen LogP contribution in [0.2, 0.25) is 0 Å². The Labute approximate surface area is 173 Å². The lowest BCUT2D eigenvalue weighted by Gasteiger charge is -2.21. The average Bonchev–Trinajstić information content (AvgIpc) is 2.71. The first-order chi connectivity index (χ1) is 14.2. The number of halogens is 1. The van der Waals surface area contributed by atoms with Crippen LogP contribution < -0.4 is 14.5 Å². The van der Waals surface area contributed by atoms with E-state index in [4.69, 9.17) is 4.74 Å². The number of rotatable bonds is 9. The van der Waals surface area contributed by atoms with Crippen LogP contribution in [0.3, 0.4) is 0 Å². The van der Waals surface area contributed by atoms with Gasteiger partial charge in [0.15, 0.2) is 6.61 Å². The normalized spacial score (nSPS) is 11.2. The van der Waals surface area contributed by atoms with Gasteiger partial charge in [-0.25, -0.2) is 23.0 Å². The number of esters is 1. The lowest BCUT2D eigenvalue weighted by molar-refractivity contribution is -0.142. The number of hydrazone groups is 1. The third-order valence-corrected chi connectivity index (χ3v) is 4.80. The molecule has 0 aliphatic rings. The van der Waals surface area contributed by atoms with E-state index >= 15 is 0 Å². The van der Waals surface area contributed by atoms with Crippen molar-refractivity contribution in [2.75, 3.05) is 30.8 Å². The van der Waals surface area contributed by atoms with Crippen molar-refractivity contribution in [3.05, 3.63) is 59.9 Å². The molecule has 0 atom stereocenters. The highest BCUT2D eigenvalue weighted by Crippen LogP contribution is 2.20. The number of benzene rings is 2. The molecule has 0 saturated heterocycles. The molecule has 0 saturated carbocycles. The van der Waals surface area contributed by atoms with E-state index in [1.807, 2.05) is 0 Å². The summed E-state index contributed by atoms with van der Waals surface area (Å²) in [6.45, 7) is -0.865. The van der Waals surface area contributed by atoms with Crippen molar-refractivity contribution in [3.8, 4) is 5.75 Å². The molecule has 0 spiro atoms. The lowest BCUT2D eigenvalue weighted by Crippen LogP contribution is -2.39. The highest BCUT2D eigenvalue weighted by molar-refractivity contribution is 7.92. The third kappa shape index (κ3) is 6.85. The Bertz CT molecular complexity index is 1020. The first kappa shape index (κ1) is 22.8. The Balaban J connectivity index is 1.96. The van der Waals surface area contributed by atoms with Gasteiger partial charge in [0.2, 0.25) is 10.0 Å². The number of carbonyl (C=O) groups is 2. The smallest absolute Gasteiger partial charge is 0.343 e. The Morgan fingerprint density at radius 2 is 1.83 bits per heavy atom. The number of anilines is 1. The van der Waals surface area contributed by atoms with Gasteiger partial charge in [0.1, 0.15) is 18.1 Å². The van der Waals surface area contributed by atoms with E-state index in [0.29, 0.717) is 15.6 Å². The van der Waals surface area contributed by atoms with Crippen molar-refractivity contribution in [1.82, 2.24) is 5.43 Å². The van der Waals surface area contributed by atoms with Crippen LogP contribution in [0.4, 0.5) is 10.1 Å². The number of para-hydroxylation sites is 1. The fourth-order valence-electron chi connectivity index (χ4n) is 2.23. The van der Waals surface area contributed by atoms with Crippen LogP contribution in [0.25, 0.3) is 0 Å².